The Hall–Kier alpha value is -1.36. The molecule has 0 amide bonds. The van der Waals surface area contributed by atoms with Crippen molar-refractivity contribution in [3.05, 3.63) is 12.2 Å². The zero-order chi connectivity index (χ0) is 17.7. The van der Waals surface area contributed by atoms with E-state index >= 15 is 0 Å². The summed E-state index contributed by atoms with van der Waals surface area (Å²) in [6.07, 6.45) is 7.63. The number of aliphatic carboxylic acids is 1. The maximum Gasteiger partial charge on any atom is 0.333 e. The van der Waals surface area contributed by atoms with Crippen LogP contribution in [-0.4, -0.2) is 55.3 Å². The average molecular weight is 328 g/mol. The van der Waals surface area contributed by atoms with Gasteiger partial charge in [0.1, 0.15) is 0 Å². The van der Waals surface area contributed by atoms with E-state index in [1.54, 1.807) is 6.92 Å². The fourth-order valence-electron chi connectivity index (χ4n) is 2.42. The van der Waals surface area contributed by atoms with Gasteiger partial charge in [-0.1, -0.05) is 25.8 Å². The lowest BCUT2D eigenvalue weighted by Crippen LogP contribution is -2.41. The maximum atomic E-state index is 11.3. The van der Waals surface area contributed by atoms with Crippen molar-refractivity contribution in [3.63, 3.8) is 0 Å². The van der Waals surface area contributed by atoms with E-state index < -0.39 is 5.97 Å². The summed E-state index contributed by atoms with van der Waals surface area (Å²) in [7, 11) is 4.40. The molecule has 0 heterocycles. The second-order valence-corrected chi connectivity index (χ2v) is 6.92. The van der Waals surface area contributed by atoms with Crippen LogP contribution in [0.15, 0.2) is 12.2 Å². The monoisotopic (exact) mass is 328 g/mol. The van der Waals surface area contributed by atoms with E-state index in [1.807, 2.05) is 0 Å². The summed E-state index contributed by atoms with van der Waals surface area (Å²) in [5.41, 5.74) is 0.446. The van der Waals surface area contributed by atoms with Crippen LogP contribution in [0.2, 0.25) is 0 Å². The van der Waals surface area contributed by atoms with Crippen LogP contribution in [0.4, 0.5) is 0 Å². The highest BCUT2D eigenvalue weighted by Gasteiger charge is 2.14. The van der Waals surface area contributed by atoms with E-state index in [-0.39, 0.29) is 5.97 Å². The van der Waals surface area contributed by atoms with E-state index in [0.717, 1.165) is 43.3 Å². The van der Waals surface area contributed by atoms with Crippen LogP contribution >= 0.6 is 0 Å². The Balaban J connectivity index is 3.55. The predicted molar refractivity (Wildman–Crippen MR) is 92.2 cm³/mol. The Bertz CT molecular complexity index is 377. The molecule has 0 aliphatic heterocycles. The van der Waals surface area contributed by atoms with E-state index in [9.17, 15) is 9.59 Å². The van der Waals surface area contributed by atoms with Crippen molar-refractivity contribution in [2.75, 3.05) is 33.8 Å². The third-order valence-corrected chi connectivity index (χ3v) is 3.89. The number of carboxylic acids is 1. The zero-order valence-corrected chi connectivity index (χ0v) is 15.1. The Labute approximate surface area is 140 Å². The van der Waals surface area contributed by atoms with Gasteiger partial charge in [0.05, 0.1) is 33.8 Å². The molecule has 0 aromatic carbocycles. The van der Waals surface area contributed by atoms with Gasteiger partial charge in [0, 0.05) is 18.4 Å². The van der Waals surface area contributed by atoms with Gasteiger partial charge in [0.25, 0.3) is 0 Å². The van der Waals surface area contributed by atoms with Crippen molar-refractivity contribution < 1.29 is 23.9 Å². The minimum absolute atomic E-state index is 0.292. The predicted octanol–water partition coefficient (Wildman–Crippen LogP) is 3.39. The Kier molecular flexibility index (Phi) is 11.4. The Morgan fingerprint density at radius 3 is 2.04 bits per heavy atom. The summed E-state index contributed by atoms with van der Waals surface area (Å²) in [6.45, 7) is 7.78. The molecule has 0 aliphatic carbocycles. The van der Waals surface area contributed by atoms with Crippen LogP contribution in [0.5, 0.6) is 0 Å². The molecule has 0 fully saturated rings. The van der Waals surface area contributed by atoms with Crippen LogP contribution in [0.3, 0.4) is 0 Å². The SMILES string of the molecule is C=C(C)C(=O)OCCC[N+](C)(C)CCCCCCCCC(=O)O. The van der Waals surface area contributed by atoms with Gasteiger partial charge >= 0.3 is 11.9 Å². The number of quaternary nitrogens is 1. The first kappa shape index (κ1) is 21.6. The van der Waals surface area contributed by atoms with Crippen LogP contribution in [0, 0.1) is 0 Å². The smallest absolute Gasteiger partial charge is 0.333 e. The number of hydrogen-bond acceptors (Lipinski definition) is 3. The highest BCUT2D eigenvalue weighted by Crippen LogP contribution is 2.10. The van der Waals surface area contributed by atoms with Gasteiger partial charge in [-0.05, 0) is 26.2 Å². The number of carboxylic acid groups (broad SMARTS) is 1. The van der Waals surface area contributed by atoms with Crippen LogP contribution in [-0.2, 0) is 14.3 Å². The topological polar surface area (TPSA) is 63.6 Å². The lowest BCUT2D eigenvalue weighted by atomic mass is 10.1. The molecule has 0 saturated heterocycles. The molecule has 0 rings (SSSR count). The molecule has 0 aromatic rings. The summed E-state index contributed by atoms with van der Waals surface area (Å²) in [6, 6.07) is 0. The molecule has 5 heteroatoms. The van der Waals surface area contributed by atoms with Crippen molar-refractivity contribution in [1.29, 1.82) is 0 Å². The van der Waals surface area contributed by atoms with Gasteiger partial charge in [0.15, 0.2) is 0 Å². The molecular weight excluding hydrogens is 294 g/mol. The van der Waals surface area contributed by atoms with Gasteiger partial charge in [-0.25, -0.2) is 4.79 Å². The number of carbonyl (C=O) groups excluding carboxylic acids is 1. The maximum absolute atomic E-state index is 11.3. The van der Waals surface area contributed by atoms with Gasteiger partial charge in [-0.2, -0.15) is 0 Å². The number of hydrogen-bond donors (Lipinski definition) is 1. The molecule has 5 nitrogen and oxygen atoms in total. The fourth-order valence-corrected chi connectivity index (χ4v) is 2.42. The van der Waals surface area contributed by atoms with Crippen molar-refractivity contribution in [2.24, 2.45) is 0 Å². The van der Waals surface area contributed by atoms with Crippen LogP contribution < -0.4 is 0 Å². The molecule has 0 unspecified atom stereocenters. The number of ether oxygens (including phenoxy) is 1. The second kappa shape index (κ2) is 12.1. The molecule has 0 aliphatic rings. The lowest BCUT2D eigenvalue weighted by molar-refractivity contribution is -0.890. The van der Waals surface area contributed by atoms with Gasteiger partial charge < -0.3 is 14.3 Å². The first-order valence-corrected chi connectivity index (χ1v) is 8.61. The lowest BCUT2D eigenvalue weighted by Gasteiger charge is -2.29. The van der Waals surface area contributed by atoms with E-state index in [2.05, 4.69) is 20.7 Å². The minimum atomic E-state index is -0.696. The third kappa shape index (κ3) is 14.0. The first-order valence-electron chi connectivity index (χ1n) is 8.61. The average Bonchev–Trinajstić information content (AvgIpc) is 2.45. The molecule has 0 saturated carbocycles. The molecule has 0 spiro atoms. The summed E-state index contributed by atoms with van der Waals surface area (Å²) in [5, 5.41) is 8.56. The normalized spacial score (nSPS) is 11.3. The van der Waals surface area contributed by atoms with Crippen LogP contribution in [0.25, 0.3) is 0 Å². The van der Waals surface area contributed by atoms with E-state index in [1.165, 1.54) is 19.3 Å². The minimum Gasteiger partial charge on any atom is -0.481 e. The van der Waals surface area contributed by atoms with E-state index in [4.69, 9.17) is 9.84 Å². The van der Waals surface area contributed by atoms with Crippen molar-refractivity contribution in [2.45, 2.75) is 58.3 Å². The number of esters is 1. The molecule has 23 heavy (non-hydrogen) atoms. The number of rotatable bonds is 14. The highest BCUT2D eigenvalue weighted by molar-refractivity contribution is 5.86. The standard InChI is InChI=1S/C18H33NO4/c1-16(2)18(22)23-15-11-14-19(3,4)13-10-8-6-5-7-9-12-17(20)21/h1,5-15H2,2-4H3/p+1. The highest BCUT2D eigenvalue weighted by atomic mass is 16.5. The number of carbonyl (C=O) groups is 2. The molecule has 0 bridgehead atoms. The molecule has 0 atom stereocenters. The van der Waals surface area contributed by atoms with Crippen molar-refractivity contribution in [1.82, 2.24) is 0 Å². The summed E-state index contributed by atoms with van der Waals surface area (Å²) in [5.74, 6) is -1.00. The van der Waals surface area contributed by atoms with Gasteiger partial charge in [-0.15, -0.1) is 0 Å². The van der Waals surface area contributed by atoms with Crippen molar-refractivity contribution in [3.8, 4) is 0 Å². The second-order valence-electron chi connectivity index (χ2n) is 6.92. The molecular formula is C18H34NO4+. The fraction of sp³-hybridized carbons (Fsp3) is 0.778. The summed E-state index contributed by atoms with van der Waals surface area (Å²) < 4.78 is 6.04. The molecule has 134 valence electrons. The third-order valence-electron chi connectivity index (χ3n) is 3.89. The largest absolute Gasteiger partial charge is 0.481 e. The van der Waals surface area contributed by atoms with Gasteiger partial charge in [0.2, 0.25) is 0 Å². The number of nitrogens with zero attached hydrogens (tertiary/aromatic N) is 1. The Morgan fingerprint density at radius 2 is 1.48 bits per heavy atom. The summed E-state index contributed by atoms with van der Waals surface area (Å²) >= 11 is 0. The molecule has 0 radical (unpaired) electrons. The summed E-state index contributed by atoms with van der Waals surface area (Å²) in [4.78, 5) is 21.7. The Morgan fingerprint density at radius 1 is 0.957 bits per heavy atom. The zero-order valence-electron chi connectivity index (χ0n) is 15.1. The van der Waals surface area contributed by atoms with Crippen LogP contribution in [0.1, 0.15) is 58.3 Å². The van der Waals surface area contributed by atoms with Gasteiger partial charge in [-0.3, -0.25) is 4.79 Å². The van der Waals surface area contributed by atoms with Crippen molar-refractivity contribution >= 4 is 11.9 Å². The number of unbranched alkanes of at least 4 members (excludes halogenated alkanes) is 5. The quantitative estimate of drug-likeness (QED) is 0.230. The molecule has 1 N–H and O–H groups in total. The van der Waals surface area contributed by atoms with E-state index in [0.29, 0.717) is 18.6 Å². The molecule has 0 aromatic heterocycles. The first-order chi connectivity index (χ1) is 10.7.